The number of hydrogen-bond donors (Lipinski definition) is 1. The van der Waals surface area contributed by atoms with Crippen molar-refractivity contribution >= 4 is 23.6 Å². The third kappa shape index (κ3) is 4.24. The van der Waals surface area contributed by atoms with E-state index in [9.17, 15) is 9.90 Å². The minimum atomic E-state index is -0.784. The van der Waals surface area contributed by atoms with Crippen molar-refractivity contribution in [3.8, 4) is 16.9 Å². The summed E-state index contributed by atoms with van der Waals surface area (Å²) in [6.45, 7) is 1.04. The number of nitrogens with zero attached hydrogens (tertiary/aromatic N) is 2. The molecule has 0 bridgehead atoms. The van der Waals surface area contributed by atoms with Crippen molar-refractivity contribution in [3.63, 3.8) is 0 Å². The number of carbonyl (C=O) groups is 1. The van der Waals surface area contributed by atoms with Gasteiger partial charge < -0.3 is 14.7 Å². The molecule has 3 aromatic rings. The van der Waals surface area contributed by atoms with Crippen LogP contribution in [0.25, 0.3) is 17.2 Å². The van der Waals surface area contributed by atoms with Crippen LogP contribution in [0.15, 0.2) is 60.8 Å². The average Bonchev–Trinajstić information content (AvgIpc) is 3.51. The summed E-state index contributed by atoms with van der Waals surface area (Å²) in [5.74, 6) is 0.712. The highest BCUT2D eigenvalue weighted by atomic mass is 35.5. The van der Waals surface area contributed by atoms with E-state index < -0.39 is 11.7 Å². The number of allylic oxidation sites excluding steroid dienone is 1. The number of aliphatic hydroxyl groups is 1. The van der Waals surface area contributed by atoms with Gasteiger partial charge in [-0.3, -0.25) is 9.78 Å². The average molecular weight is 487 g/mol. The van der Waals surface area contributed by atoms with Gasteiger partial charge in [0.2, 0.25) is 0 Å². The van der Waals surface area contributed by atoms with E-state index in [1.165, 1.54) is 0 Å². The number of halogens is 1. The number of rotatable bonds is 4. The molecule has 0 saturated carbocycles. The fourth-order valence-electron chi connectivity index (χ4n) is 5.55. The maximum atomic E-state index is 13.4. The Balaban J connectivity index is 1.18. The van der Waals surface area contributed by atoms with Gasteiger partial charge in [0.25, 0.3) is 5.91 Å². The summed E-state index contributed by atoms with van der Waals surface area (Å²) < 4.78 is 6.31. The smallest absolute Gasteiger partial charge is 0.263 e. The fraction of sp³-hybridized carbons (Fsp3) is 0.310. The van der Waals surface area contributed by atoms with Crippen LogP contribution in [0.4, 0.5) is 0 Å². The van der Waals surface area contributed by atoms with E-state index in [4.69, 9.17) is 16.3 Å². The van der Waals surface area contributed by atoms with Gasteiger partial charge in [0.05, 0.1) is 11.3 Å². The lowest BCUT2D eigenvalue weighted by Crippen LogP contribution is -2.51. The molecule has 2 aromatic carbocycles. The lowest BCUT2D eigenvalue weighted by Gasteiger charge is -2.39. The maximum absolute atomic E-state index is 13.4. The number of aromatic nitrogens is 1. The van der Waals surface area contributed by atoms with E-state index in [1.54, 1.807) is 0 Å². The number of benzene rings is 2. The standard InChI is InChI=1S/C29H27ClN2O3/c30-21-15-20-16-26(35-27(20)24(17-21)22-9-12-31-25-8-4-7-23(22)25)28(33)32-13-10-29(34,11-14-32)18-19-5-2-1-3-6-19/h1-7,9,12,15,17,26,34H,8,10-11,13-14,16,18H2. The fourth-order valence-corrected chi connectivity index (χ4v) is 5.79. The van der Waals surface area contributed by atoms with Crippen LogP contribution in [0.2, 0.25) is 5.02 Å². The first-order chi connectivity index (χ1) is 17.0. The van der Waals surface area contributed by atoms with Gasteiger partial charge in [-0.25, -0.2) is 0 Å². The Bertz CT molecular complexity index is 1310. The van der Waals surface area contributed by atoms with Crippen molar-refractivity contribution in [1.29, 1.82) is 0 Å². The van der Waals surface area contributed by atoms with E-state index in [2.05, 4.69) is 17.1 Å². The molecule has 1 saturated heterocycles. The highest BCUT2D eigenvalue weighted by Crippen LogP contribution is 2.44. The summed E-state index contributed by atoms with van der Waals surface area (Å²) in [5, 5.41) is 11.7. The summed E-state index contributed by atoms with van der Waals surface area (Å²) in [4.78, 5) is 19.7. The monoisotopic (exact) mass is 486 g/mol. The highest BCUT2D eigenvalue weighted by molar-refractivity contribution is 6.31. The minimum absolute atomic E-state index is 0.0233. The van der Waals surface area contributed by atoms with Crippen LogP contribution in [0, 0.1) is 0 Å². The topological polar surface area (TPSA) is 62.7 Å². The molecule has 2 aliphatic heterocycles. The predicted octanol–water partition coefficient (Wildman–Crippen LogP) is 4.87. The zero-order chi connectivity index (χ0) is 24.0. The van der Waals surface area contributed by atoms with Crippen molar-refractivity contribution in [2.75, 3.05) is 13.1 Å². The molecule has 1 N–H and O–H groups in total. The first-order valence-electron chi connectivity index (χ1n) is 12.2. The largest absolute Gasteiger partial charge is 0.479 e. The molecule has 6 rings (SSSR count). The second kappa shape index (κ2) is 8.81. The molecule has 0 spiro atoms. The van der Waals surface area contributed by atoms with Gasteiger partial charge in [-0.2, -0.15) is 0 Å². The number of fused-ring (bicyclic) bond motifs is 2. The Morgan fingerprint density at radius 1 is 1.14 bits per heavy atom. The van der Waals surface area contributed by atoms with E-state index in [-0.39, 0.29) is 5.91 Å². The Hall–Kier alpha value is -3.15. The van der Waals surface area contributed by atoms with Gasteiger partial charge in [-0.15, -0.1) is 0 Å². The quantitative estimate of drug-likeness (QED) is 0.571. The Labute approximate surface area is 210 Å². The van der Waals surface area contributed by atoms with Crippen LogP contribution in [-0.4, -0.2) is 45.7 Å². The van der Waals surface area contributed by atoms with Crippen LogP contribution in [0.3, 0.4) is 0 Å². The number of likely N-dealkylation sites (tertiary alicyclic amines) is 1. The Morgan fingerprint density at radius 2 is 1.94 bits per heavy atom. The molecule has 1 atom stereocenters. The molecule has 1 aliphatic carbocycles. The molecule has 5 nitrogen and oxygen atoms in total. The van der Waals surface area contributed by atoms with E-state index >= 15 is 0 Å². The molecular formula is C29H27ClN2O3. The third-order valence-corrected chi connectivity index (χ3v) is 7.63. The zero-order valence-corrected chi connectivity index (χ0v) is 20.2. The molecular weight excluding hydrogens is 460 g/mol. The Morgan fingerprint density at radius 3 is 2.74 bits per heavy atom. The van der Waals surface area contributed by atoms with Gasteiger partial charge in [-0.05, 0) is 42.2 Å². The van der Waals surface area contributed by atoms with Crippen LogP contribution in [-0.2, 0) is 24.1 Å². The van der Waals surface area contributed by atoms with Crippen molar-refractivity contribution in [2.45, 2.75) is 43.8 Å². The molecule has 1 amide bonds. The van der Waals surface area contributed by atoms with Gasteiger partial charge in [0.1, 0.15) is 5.75 Å². The summed E-state index contributed by atoms with van der Waals surface area (Å²) in [7, 11) is 0. The number of ether oxygens (including phenoxy) is 1. The van der Waals surface area contributed by atoms with Gasteiger partial charge in [-0.1, -0.05) is 54.1 Å². The number of carbonyl (C=O) groups excluding carboxylic acids is 1. The highest BCUT2D eigenvalue weighted by Gasteiger charge is 2.39. The molecule has 6 heteroatoms. The number of pyridine rings is 1. The molecule has 1 aromatic heterocycles. The second-order valence-electron chi connectivity index (χ2n) is 9.79. The van der Waals surface area contributed by atoms with Crippen LogP contribution >= 0.6 is 11.6 Å². The van der Waals surface area contributed by atoms with Crippen LogP contribution in [0.1, 0.15) is 35.2 Å². The van der Waals surface area contributed by atoms with Crippen molar-refractivity contribution in [3.05, 3.63) is 88.2 Å². The lowest BCUT2D eigenvalue weighted by molar-refractivity contribution is -0.142. The van der Waals surface area contributed by atoms with Crippen molar-refractivity contribution < 1.29 is 14.6 Å². The molecule has 3 aliphatic rings. The van der Waals surface area contributed by atoms with Crippen molar-refractivity contribution in [2.24, 2.45) is 0 Å². The van der Waals surface area contributed by atoms with Gasteiger partial charge in [0, 0.05) is 60.3 Å². The summed E-state index contributed by atoms with van der Waals surface area (Å²) in [6.07, 6.45) is 8.47. The van der Waals surface area contributed by atoms with E-state index in [0.717, 1.165) is 45.7 Å². The molecule has 1 unspecified atom stereocenters. The first kappa shape index (κ1) is 22.3. The summed E-state index contributed by atoms with van der Waals surface area (Å²) in [5.41, 5.74) is 5.35. The number of hydrogen-bond acceptors (Lipinski definition) is 4. The normalized spacial score (nSPS) is 19.8. The van der Waals surface area contributed by atoms with Gasteiger partial charge in [0.15, 0.2) is 6.10 Å². The molecule has 178 valence electrons. The Kier molecular flexibility index (Phi) is 5.62. The summed E-state index contributed by atoms with van der Waals surface area (Å²) >= 11 is 6.49. The SMILES string of the molecule is O=C(C1Cc2cc(Cl)cc(-c3ccnc4c3C=CC4)c2O1)N1CCC(O)(Cc2ccccc2)CC1. The predicted molar refractivity (Wildman–Crippen MR) is 136 cm³/mol. The molecule has 35 heavy (non-hydrogen) atoms. The molecule has 1 fully saturated rings. The first-order valence-corrected chi connectivity index (χ1v) is 12.6. The zero-order valence-electron chi connectivity index (χ0n) is 19.4. The number of piperidine rings is 1. The lowest BCUT2D eigenvalue weighted by atomic mass is 9.85. The van der Waals surface area contributed by atoms with Crippen LogP contribution < -0.4 is 4.74 Å². The second-order valence-corrected chi connectivity index (χ2v) is 10.2. The van der Waals surface area contributed by atoms with Gasteiger partial charge >= 0.3 is 0 Å². The van der Waals surface area contributed by atoms with E-state index in [0.29, 0.717) is 43.8 Å². The van der Waals surface area contributed by atoms with Crippen LogP contribution in [0.5, 0.6) is 5.75 Å². The third-order valence-electron chi connectivity index (χ3n) is 7.41. The van der Waals surface area contributed by atoms with Crippen molar-refractivity contribution in [1.82, 2.24) is 9.88 Å². The summed E-state index contributed by atoms with van der Waals surface area (Å²) in [6, 6.07) is 15.8. The molecule has 0 radical (unpaired) electrons. The minimum Gasteiger partial charge on any atom is -0.479 e. The number of amides is 1. The van der Waals surface area contributed by atoms with E-state index in [1.807, 2.05) is 59.6 Å². The molecule has 3 heterocycles. The maximum Gasteiger partial charge on any atom is 0.263 e.